The highest BCUT2D eigenvalue weighted by Crippen LogP contribution is 2.22. The van der Waals surface area contributed by atoms with E-state index in [0.717, 1.165) is 11.4 Å². The molecule has 0 spiro atoms. The molecule has 2 N–H and O–H groups in total. The summed E-state index contributed by atoms with van der Waals surface area (Å²) in [5.41, 5.74) is 0. The number of rotatable bonds is 5. The molecule has 0 atom stereocenters. The Morgan fingerprint density at radius 3 is 2.60 bits per heavy atom. The Balaban J connectivity index is 1.65. The van der Waals surface area contributed by atoms with E-state index in [1.165, 1.54) is 43.4 Å². The minimum absolute atomic E-state index is 0.0580. The highest BCUT2D eigenvalue weighted by Gasteiger charge is 2.15. The van der Waals surface area contributed by atoms with Crippen molar-refractivity contribution in [1.82, 2.24) is 10.6 Å². The van der Waals surface area contributed by atoms with Crippen LogP contribution in [0.2, 0.25) is 0 Å². The third-order valence-corrected chi connectivity index (χ3v) is 4.69. The normalized spacial score (nSPS) is 15.8. The number of hydrogen-bond donors (Lipinski definition) is 2. The van der Waals surface area contributed by atoms with Gasteiger partial charge in [0.25, 0.3) is 5.91 Å². The average molecular weight is 294 g/mol. The number of thiophene rings is 1. The molecule has 0 aliphatic heterocycles. The maximum atomic E-state index is 11.8. The smallest absolute Gasteiger partial charge is 0.261 e. The molecule has 2 amide bonds. The van der Waals surface area contributed by atoms with E-state index in [0.29, 0.717) is 10.8 Å². The van der Waals surface area contributed by atoms with Gasteiger partial charge in [-0.1, -0.05) is 19.3 Å². The van der Waals surface area contributed by atoms with Crippen LogP contribution in [0.15, 0.2) is 12.1 Å². The quantitative estimate of drug-likeness (QED) is 0.876. The number of carbonyl (C=O) groups is 2. The van der Waals surface area contributed by atoms with Gasteiger partial charge in [0.15, 0.2) is 0 Å². The zero-order valence-electron chi connectivity index (χ0n) is 11.9. The first-order chi connectivity index (χ1) is 9.65. The van der Waals surface area contributed by atoms with Gasteiger partial charge in [-0.05, 0) is 37.8 Å². The van der Waals surface area contributed by atoms with Gasteiger partial charge in [-0.25, -0.2) is 0 Å². The zero-order chi connectivity index (χ0) is 14.4. The molecule has 1 saturated carbocycles. The predicted octanol–water partition coefficient (Wildman–Crippen LogP) is 2.48. The average Bonchev–Trinajstić information content (AvgIpc) is 2.90. The lowest BCUT2D eigenvalue weighted by atomic mass is 9.89. The fourth-order valence-electron chi connectivity index (χ4n) is 2.52. The van der Waals surface area contributed by atoms with Crippen LogP contribution in [0.25, 0.3) is 0 Å². The molecule has 20 heavy (non-hydrogen) atoms. The van der Waals surface area contributed by atoms with Gasteiger partial charge in [0, 0.05) is 11.4 Å². The predicted molar refractivity (Wildman–Crippen MR) is 81.0 cm³/mol. The van der Waals surface area contributed by atoms with E-state index in [1.807, 2.05) is 13.0 Å². The van der Waals surface area contributed by atoms with Crippen LogP contribution in [0.4, 0.5) is 0 Å². The third-order valence-electron chi connectivity index (χ3n) is 3.69. The molecular formula is C15H22N2O2S. The molecule has 1 aromatic heterocycles. The Bertz CT molecular complexity index is 464. The summed E-state index contributed by atoms with van der Waals surface area (Å²) in [5.74, 6) is 0.344. The summed E-state index contributed by atoms with van der Waals surface area (Å²) in [6, 6.07) is 3.69. The molecule has 0 saturated heterocycles. The maximum Gasteiger partial charge on any atom is 0.261 e. The number of carbonyl (C=O) groups excluding carboxylic acids is 2. The van der Waals surface area contributed by atoms with Crippen molar-refractivity contribution >= 4 is 23.2 Å². The number of nitrogens with one attached hydrogen (secondary N) is 2. The molecule has 1 fully saturated rings. The van der Waals surface area contributed by atoms with Gasteiger partial charge >= 0.3 is 0 Å². The molecule has 0 bridgehead atoms. The second kappa shape index (κ2) is 7.43. The van der Waals surface area contributed by atoms with E-state index < -0.39 is 0 Å². The number of amides is 2. The summed E-state index contributed by atoms with van der Waals surface area (Å²) in [6.45, 7) is 2.76. The molecule has 110 valence electrons. The van der Waals surface area contributed by atoms with Crippen molar-refractivity contribution in [2.24, 2.45) is 5.92 Å². The van der Waals surface area contributed by atoms with E-state index in [-0.39, 0.29) is 18.4 Å². The molecule has 1 aliphatic carbocycles. The van der Waals surface area contributed by atoms with Gasteiger partial charge in [0.1, 0.15) is 0 Å². The summed E-state index contributed by atoms with van der Waals surface area (Å²) in [4.78, 5) is 25.2. The highest BCUT2D eigenvalue weighted by atomic mass is 32.1. The second-order valence-electron chi connectivity index (χ2n) is 5.40. The molecule has 0 unspecified atom stereocenters. The van der Waals surface area contributed by atoms with Crippen molar-refractivity contribution in [2.75, 3.05) is 13.1 Å². The molecular weight excluding hydrogens is 272 g/mol. The highest BCUT2D eigenvalue weighted by molar-refractivity contribution is 7.13. The summed E-state index contributed by atoms with van der Waals surface area (Å²) in [6.07, 6.45) is 6.28. The lowest BCUT2D eigenvalue weighted by molar-refractivity contribution is -0.120. The topological polar surface area (TPSA) is 58.2 Å². The van der Waals surface area contributed by atoms with E-state index in [9.17, 15) is 9.59 Å². The van der Waals surface area contributed by atoms with Crippen LogP contribution in [0.3, 0.4) is 0 Å². The Labute approximate surface area is 124 Å². The molecule has 4 nitrogen and oxygen atoms in total. The Hall–Kier alpha value is -1.36. The Morgan fingerprint density at radius 1 is 1.20 bits per heavy atom. The van der Waals surface area contributed by atoms with Crippen molar-refractivity contribution < 1.29 is 9.59 Å². The Kier molecular flexibility index (Phi) is 5.59. The van der Waals surface area contributed by atoms with Gasteiger partial charge in [-0.15, -0.1) is 11.3 Å². The van der Waals surface area contributed by atoms with Gasteiger partial charge in [-0.2, -0.15) is 0 Å². The van der Waals surface area contributed by atoms with Crippen LogP contribution in [-0.2, 0) is 4.79 Å². The standard InChI is InChI=1S/C15H22N2O2S/c1-11-7-8-13(20-11)15(19)17-10-14(18)16-9-12-5-3-2-4-6-12/h7-8,12H,2-6,9-10H2,1H3,(H,16,18)(H,17,19). The van der Waals surface area contributed by atoms with Gasteiger partial charge in [-0.3, -0.25) is 9.59 Å². The van der Waals surface area contributed by atoms with Crippen molar-refractivity contribution in [3.63, 3.8) is 0 Å². The lowest BCUT2D eigenvalue weighted by Crippen LogP contribution is -2.39. The second-order valence-corrected chi connectivity index (χ2v) is 6.69. The largest absolute Gasteiger partial charge is 0.354 e. The molecule has 2 rings (SSSR count). The SMILES string of the molecule is Cc1ccc(C(=O)NCC(=O)NCC2CCCCC2)s1. The van der Waals surface area contributed by atoms with Gasteiger partial charge < -0.3 is 10.6 Å². The fraction of sp³-hybridized carbons (Fsp3) is 0.600. The summed E-state index contributed by atoms with van der Waals surface area (Å²) in [5, 5.41) is 5.57. The molecule has 0 radical (unpaired) electrons. The summed E-state index contributed by atoms with van der Waals surface area (Å²) in [7, 11) is 0. The van der Waals surface area contributed by atoms with E-state index in [2.05, 4.69) is 10.6 Å². The lowest BCUT2D eigenvalue weighted by Gasteiger charge is -2.21. The van der Waals surface area contributed by atoms with Crippen molar-refractivity contribution in [1.29, 1.82) is 0 Å². The summed E-state index contributed by atoms with van der Waals surface area (Å²) >= 11 is 1.44. The molecule has 0 aromatic carbocycles. The number of hydrogen-bond acceptors (Lipinski definition) is 3. The van der Waals surface area contributed by atoms with Crippen LogP contribution in [0, 0.1) is 12.8 Å². The first-order valence-electron chi connectivity index (χ1n) is 7.26. The third kappa shape index (κ3) is 4.63. The van der Waals surface area contributed by atoms with E-state index >= 15 is 0 Å². The minimum atomic E-state index is -0.170. The van der Waals surface area contributed by atoms with Crippen LogP contribution < -0.4 is 10.6 Å². The van der Waals surface area contributed by atoms with E-state index in [1.54, 1.807) is 6.07 Å². The molecule has 1 heterocycles. The number of aryl methyl sites for hydroxylation is 1. The minimum Gasteiger partial charge on any atom is -0.354 e. The van der Waals surface area contributed by atoms with Crippen LogP contribution in [-0.4, -0.2) is 24.9 Å². The maximum absolute atomic E-state index is 11.8. The van der Waals surface area contributed by atoms with Crippen molar-refractivity contribution in [3.8, 4) is 0 Å². The summed E-state index contributed by atoms with van der Waals surface area (Å²) < 4.78 is 0. The molecule has 1 aliphatic rings. The van der Waals surface area contributed by atoms with Crippen LogP contribution in [0.5, 0.6) is 0 Å². The van der Waals surface area contributed by atoms with Crippen molar-refractivity contribution in [3.05, 3.63) is 21.9 Å². The fourth-order valence-corrected chi connectivity index (χ4v) is 3.30. The van der Waals surface area contributed by atoms with Gasteiger partial charge in [0.2, 0.25) is 5.91 Å². The zero-order valence-corrected chi connectivity index (χ0v) is 12.7. The Morgan fingerprint density at radius 2 is 1.95 bits per heavy atom. The van der Waals surface area contributed by atoms with E-state index in [4.69, 9.17) is 0 Å². The first-order valence-corrected chi connectivity index (χ1v) is 8.08. The monoisotopic (exact) mass is 294 g/mol. The molecule has 5 heteroatoms. The first kappa shape index (κ1) is 15.0. The molecule has 1 aromatic rings. The van der Waals surface area contributed by atoms with Crippen LogP contribution >= 0.6 is 11.3 Å². The van der Waals surface area contributed by atoms with Crippen molar-refractivity contribution in [2.45, 2.75) is 39.0 Å². The van der Waals surface area contributed by atoms with Crippen LogP contribution in [0.1, 0.15) is 46.7 Å². The van der Waals surface area contributed by atoms with Gasteiger partial charge in [0.05, 0.1) is 11.4 Å².